The first-order valence-electron chi connectivity index (χ1n) is 20.1. The number of aromatic nitrogens is 4. The number of nitrogens with one attached hydrogen (secondary N) is 6. The van der Waals surface area contributed by atoms with Crippen LogP contribution in [-0.2, 0) is 51.3 Å². The molecule has 0 spiro atoms. The molecule has 20 nitrogen and oxygen atoms in total. The number of fused-ring (bicyclic) bond motifs is 2. The number of imidazole rings is 1. The molecule has 1 saturated heterocycles. The summed E-state index contributed by atoms with van der Waals surface area (Å²) in [4.78, 5) is 110. The molecule has 5 rings (SSSR count). The van der Waals surface area contributed by atoms with Crippen LogP contribution in [0.4, 0.5) is 0 Å². The number of H-pyrrole nitrogens is 1. The predicted octanol–water partition coefficient (Wildman–Crippen LogP) is -0.446. The van der Waals surface area contributed by atoms with Gasteiger partial charge in [0.05, 0.1) is 25.7 Å². The van der Waals surface area contributed by atoms with Gasteiger partial charge in [-0.1, -0.05) is 44.9 Å². The fraction of sp³-hybridized carbons (Fsp3) is 0.450. The lowest BCUT2D eigenvalue weighted by Crippen LogP contribution is -2.59. The van der Waals surface area contributed by atoms with E-state index in [2.05, 4.69) is 36.7 Å². The maximum atomic E-state index is 14.1. The molecule has 62 heavy (non-hydrogen) atoms. The molecule has 7 amide bonds. The number of unbranched alkanes of at least 4 members (excludes halogenated alkanes) is 1. The highest BCUT2D eigenvalue weighted by Crippen LogP contribution is 2.23. The van der Waals surface area contributed by atoms with Gasteiger partial charge in [-0.3, -0.25) is 38.4 Å². The lowest BCUT2D eigenvalue weighted by atomic mass is 10.1. The van der Waals surface area contributed by atoms with Gasteiger partial charge < -0.3 is 47.3 Å². The first-order chi connectivity index (χ1) is 29.7. The largest absolute Gasteiger partial charge is 0.481 e. The van der Waals surface area contributed by atoms with Crippen molar-refractivity contribution in [1.82, 2.24) is 46.1 Å². The number of carbonyl (C=O) groups is 8. The minimum absolute atomic E-state index is 0.000550. The number of benzene rings is 1. The molecule has 0 bridgehead atoms. The number of hydrogen-bond acceptors (Lipinski definition) is 11. The van der Waals surface area contributed by atoms with Gasteiger partial charge >= 0.3 is 11.6 Å². The molecule has 5 unspecified atom stereocenters. The first kappa shape index (κ1) is 46.9. The summed E-state index contributed by atoms with van der Waals surface area (Å²) in [5, 5.41) is 27.4. The molecule has 1 aliphatic heterocycles. The Kier molecular flexibility index (Phi) is 17.1. The third-order valence-corrected chi connectivity index (χ3v) is 12.6. The maximum Gasteiger partial charge on any atom is 0.307 e. The molecule has 0 saturated carbocycles. The van der Waals surface area contributed by atoms with Crippen LogP contribution in [0.15, 0.2) is 61.2 Å². The Morgan fingerprint density at radius 3 is 2.47 bits per heavy atom. The van der Waals surface area contributed by atoms with Crippen molar-refractivity contribution in [3.63, 3.8) is 0 Å². The number of rotatable bonds is 11. The Bertz CT molecular complexity index is 2270. The highest BCUT2D eigenvalue weighted by atomic mass is 33.1. The normalized spacial score (nSPS) is 22.0. The summed E-state index contributed by atoms with van der Waals surface area (Å²) in [5.74, 6) is -6.34. The summed E-state index contributed by atoms with van der Waals surface area (Å²) in [7, 11) is 2.46. The molecule has 0 radical (unpaired) electrons. The third-order valence-electron chi connectivity index (χ3n) is 10.2. The van der Waals surface area contributed by atoms with E-state index in [-0.39, 0.29) is 30.9 Å². The molecular formula is C40H52N11O9S2+. The minimum Gasteiger partial charge on any atom is -0.481 e. The second kappa shape index (κ2) is 22.6. The van der Waals surface area contributed by atoms with Crippen molar-refractivity contribution in [2.45, 2.75) is 89.1 Å². The summed E-state index contributed by atoms with van der Waals surface area (Å²) in [6, 6.07) is 4.94. The van der Waals surface area contributed by atoms with Gasteiger partial charge in [0.15, 0.2) is 6.20 Å². The number of para-hydroxylation sites is 1. The Morgan fingerprint density at radius 2 is 1.69 bits per heavy atom. The molecular weight excluding hydrogens is 843 g/mol. The number of nitrogens with zero attached hydrogens (tertiary/aromatic N) is 4. The monoisotopic (exact) mass is 894 g/mol. The van der Waals surface area contributed by atoms with E-state index in [0.29, 0.717) is 25.8 Å². The third kappa shape index (κ3) is 13.2. The molecule has 4 aromatic rings. The van der Waals surface area contributed by atoms with Crippen LogP contribution in [0.2, 0.25) is 0 Å². The van der Waals surface area contributed by atoms with E-state index in [1.54, 1.807) is 16.9 Å². The number of carbonyl (C=O) groups excluding carboxylic acids is 7. The van der Waals surface area contributed by atoms with Gasteiger partial charge in [-0.25, -0.2) is 4.57 Å². The first-order valence-corrected chi connectivity index (χ1v) is 22.6. The van der Waals surface area contributed by atoms with Crippen LogP contribution in [0.5, 0.6) is 0 Å². The molecule has 332 valence electrons. The Morgan fingerprint density at radius 1 is 0.919 bits per heavy atom. The van der Waals surface area contributed by atoms with Crippen LogP contribution in [0.25, 0.3) is 16.6 Å². The number of aromatic amines is 1. The topological polar surface area (TPSA) is 283 Å². The number of primary amides is 1. The van der Waals surface area contributed by atoms with Crippen molar-refractivity contribution in [3.05, 3.63) is 66.7 Å². The number of hydrogen-bond donors (Lipinski definition) is 8. The van der Waals surface area contributed by atoms with Crippen molar-refractivity contribution >= 4 is 85.5 Å². The van der Waals surface area contributed by atoms with E-state index in [9.17, 15) is 43.5 Å². The van der Waals surface area contributed by atoms with E-state index in [1.807, 2.05) is 53.4 Å². The van der Waals surface area contributed by atoms with Crippen molar-refractivity contribution in [2.24, 2.45) is 5.73 Å². The zero-order valence-electron chi connectivity index (χ0n) is 34.3. The summed E-state index contributed by atoms with van der Waals surface area (Å²) >= 11 is 0. The Hall–Kier alpha value is -6.16. The number of amides is 7. The molecule has 1 aliphatic rings. The number of aliphatic carboxylic acids is 1. The van der Waals surface area contributed by atoms with Gasteiger partial charge in [0.2, 0.25) is 41.4 Å². The molecule has 22 heteroatoms. The second-order valence-electron chi connectivity index (χ2n) is 14.7. The quantitative estimate of drug-likeness (QED) is 0.0541. The highest BCUT2D eigenvalue weighted by molar-refractivity contribution is 8.76. The van der Waals surface area contributed by atoms with Crippen molar-refractivity contribution in [3.8, 4) is 0 Å². The number of carboxylic acid groups (broad SMARTS) is 1. The minimum atomic E-state index is -1.66. The zero-order valence-corrected chi connectivity index (χ0v) is 36.0. The van der Waals surface area contributed by atoms with Gasteiger partial charge in [-0.15, -0.1) is 4.52 Å². The smallest absolute Gasteiger partial charge is 0.307 e. The van der Waals surface area contributed by atoms with Gasteiger partial charge in [-0.2, -0.15) is 0 Å². The lowest BCUT2D eigenvalue weighted by Gasteiger charge is -2.32. The van der Waals surface area contributed by atoms with Gasteiger partial charge in [0.1, 0.15) is 36.4 Å². The zero-order chi connectivity index (χ0) is 44.8. The molecule has 9 N–H and O–H groups in total. The van der Waals surface area contributed by atoms with Crippen molar-refractivity contribution in [1.29, 1.82) is 0 Å². The Balaban J connectivity index is 1.31. The van der Waals surface area contributed by atoms with Crippen LogP contribution in [0, 0.1) is 0 Å². The van der Waals surface area contributed by atoms with E-state index in [0.717, 1.165) is 22.1 Å². The average Bonchev–Trinajstić information content (AvgIpc) is 3.86. The van der Waals surface area contributed by atoms with E-state index < -0.39 is 90.5 Å². The molecule has 4 heterocycles. The lowest BCUT2D eigenvalue weighted by molar-refractivity contribution is -0.671. The predicted molar refractivity (Wildman–Crippen MR) is 230 cm³/mol. The molecule has 5 atom stereocenters. The molecule has 0 aliphatic carbocycles. The van der Waals surface area contributed by atoms with Crippen molar-refractivity contribution in [2.75, 3.05) is 24.6 Å². The van der Waals surface area contributed by atoms with Crippen molar-refractivity contribution < 1.29 is 48.0 Å². The van der Waals surface area contributed by atoms with Gasteiger partial charge in [0, 0.05) is 47.6 Å². The van der Waals surface area contributed by atoms with Crippen LogP contribution < -0.4 is 36.9 Å². The number of aryl methyl sites for hydroxylation is 1. The van der Waals surface area contributed by atoms with Crippen LogP contribution in [0.1, 0.15) is 51.5 Å². The second-order valence-corrected chi connectivity index (χ2v) is 17.4. The van der Waals surface area contributed by atoms with Crippen LogP contribution >= 0.6 is 21.6 Å². The molecule has 3 aromatic heterocycles. The van der Waals surface area contributed by atoms with E-state index in [4.69, 9.17) is 5.73 Å². The Labute approximate surface area is 364 Å². The number of carboxylic acids is 1. The van der Waals surface area contributed by atoms with Gasteiger partial charge in [0.25, 0.3) is 0 Å². The van der Waals surface area contributed by atoms with E-state index >= 15 is 0 Å². The summed E-state index contributed by atoms with van der Waals surface area (Å²) < 4.78 is 3.73. The fourth-order valence-corrected chi connectivity index (χ4v) is 9.02. The maximum absolute atomic E-state index is 14.1. The van der Waals surface area contributed by atoms with Gasteiger partial charge in [-0.05, 0) is 57.2 Å². The summed E-state index contributed by atoms with van der Waals surface area (Å²) in [6.45, 7) is 2.78. The molecule has 1 fully saturated rings. The number of nitrogens with two attached hydrogens (primary N) is 1. The summed E-state index contributed by atoms with van der Waals surface area (Å²) in [6.07, 6.45) is 7.96. The molecule has 1 aromatic carbocycles. The SMILES string of the molecule is CC1NC(=O)C(CC(=O)O)NC(=O)CNC(=O)C(CCCC[n+]2ccn3ncccc32)NC(=O)CCSSCC(C(N)=O)NC(=O)C(C)N(CCc2c[nH]c3ccccc23)C1=O. The fourth-order valence-electron chi connectivity index (χ4n) is 6.85. The van der Waals surface area contributed by atoms with Crippen LogP contribution in [-0.4, -0.2) is 127 Å². The summed E-state index contributed by atoms with van der Waals surface area (Å²) in [5.41, 5.74) is 8.26. The van der Waals surface area contributed by atoms with E-state index in [1.165, 1.54) is 40.3 Å². The highest BCUT2D eigenvalue weighted by Gasteiger charge is 2.34. The van der Waals surface area contributed by atoms with Crippen LogP contribution in [0.3, 0.4) is 0 Å². The standard InChI is InChI=1S/C40H51N11O9S2/c1-24-40(60)50(16-12-26-21-42-28-9-4-3-8-27(26)28)25(2)37(57)48-31(36(41)56)23-62-61-19-13-32(52)46-29(10-5-6-15-49-17-18-51-34(49)11-7-14-44-51)38(58)43-22-33(53)47-30(20-35(54)55)39(59)45-24/h3-4,7-9,11,14,17-18,21,24-25,29-31,42H,5-6,10,12-13,15-16,19-20,22-23H2,1-2H3,(H7-,41,43,45,46,47,48,52,53,54,55,56,57,58,59)/p+1. The average molecular weight is 895 g/mol.